The van der Waals surface area contributed by atoms with Crippen LogP contribution in [-0.2, 0) is 4.79 Å². The summed E-state index contributed by atoms with van der Waals surface area (Å²) >= 11 is 1.07. The van der Waals surface area contributed by atoms with Gasteiger partial charge in [0.15, 0.2) is 6.10 Å². The summed E-state index contributed by atoms with van der Waals surface area (Å²) in [6, 6.07) is 14.1. The predicted molar refractivity (Wildman–Crippen MR) is 89.6 cm³/mol. The summed E-state index contributed by atoms with van der Waals surface area (Å²) in [4.78, 5) is 13.0. The molecule has 0 spiro atoms. The van der Waals surface area contributed by atoms with E-state index in [4.69, 9.17) is 14.7 Å². The highest BCUT2D eigenvalue weighted by atomic mass is 32.2. The highest BCUT2D eigenvalue weighted by Crippen LogP contribution is 2.21. The molecule has 2 rings (SSSR count). The van der Waals surface area contributed by atoms with Crippen LogP contribution in [0.25, 0.3) is 0 Å². The lowest BCUT2D eigenvalue weighted by molar-refractivity contribution is -0.122. The van der Waals surface area contributed by atoms with Gasteiger partial charge in [0.2, 0.25) is 0 Å². The molecule has 2 aromatic carbocycles. The van der Waals surface area contributed by atoms with Crippen molar-refractivity contribution in [3.63, 3.8) is 0 Å². The molecule has 2 aromatic rings. The van der Waals surface area contributed by atoms with E-state index in [-0.39, 0.29) is 5.91 Å². The molecule has 1 amide bonds. The zero-order valence-corrected chi connectivity index (χ0v) is 13.6. The fourth-order valence-corrected chi connectivity index (χ4v) is 2.21. The molecule has 0 aliphatic carbocycles. The van der Waals surface area contributed by atoms with Gasteiger partial charge < -0.3 is 14.8 Å². The Morgan fingerprint density at radius 2 is 1.91 bits per heavy atom. The number of hydrogen-bond acceptors (Lipinski definition) is 5. The van der Waals surface area contributed by atoms with Crippen molar-refractivity contribution in [2.75, 3.05) is 12.4 Å². The third kappa shape index (κ3) is 4.94. The minimum Gasteiger partial charge on any atom is -0.497 e. The first-order valence-corrected chi connectivity index (χ1v) is 7.71. The van der Waals surface area contributed by atoms with Gasteiger partial charge in [0, 0.05) is 16.6 Å². The van der Waals surface area contributed by atoms with Crippen LogP contribution in [0.4, 0.5) is 5.69 Å². The van der Waals surface area contributed by atoms with Crippen LogP contribution in [0, 0.1) is 10.7 Å². The molecule has 0 aromatic heterocycles. The maximum Gasteiger partial charge on any atom is 0.265 e. The molecule has 1 N–H and O–H groups in total. The maximum atomic E-state index is 12.2. The van der Waals surface area contributed by atoms with Crippen LogP contribution >= 0.6 is 11.8 Å². The van der Waals surface area contributed by atoms with E-state index in [1.165, 1.54) is 0 Å². The molecule has 0 saturated carbocycles. The first kappa shape index (κ1) is 16.7. The number of thiocyanates is 1. The van der Waals surface area contributed by atoms with E-state index in [1.807, 2.05) is 5.40 Å². The monoisotopic (exact) mass is 328 g/mol. The highest BCUT2D eigenvalue weighted by Gasteiger charge is 2.15. The number of methoxy groups -OCH3 is 1. The largest absolute Gasteiger partial charge is 0.497 e. The molecular formula is C17H16N2O3S. The summed E-state index contributed by atoms with van der Waals surface area (Å²) in [5, 5.41) is 13.4. The third-order valence-corrected chi connectivity index (χ3v) is 3.61. The summed E-state index contributed by atoms with van der Waals surface area (Å²) in [5.74, 6) is 0.974. The topological polar surface area (TPSA) is 71.3 Å². The predicted octanol–water partition coefficient (Wildman–Crippen LogP) is 3.67. The van der Waals surface area contributed by atoms with Crippen molar-refractivity contribution in [3.8, 4) is 16.9 Å². The molecular weight excluding hydrogens is 312 g/mol. The number of anilines is 1. The van der Waals surface area contributed by atoms with E-state index in [2.05, 4.69) is 5.32 Å². The fourth-order valence-electron chi connectivity index (χ4n) is 1.84. The molecule has 0 aliphatic heterocycles. The number of hydrogen-bond donors (Lipinski definition) is 1. The first-order chi connectivity index (χ1) is 11.1. The van der Waals surface area contributed by atoms with Crippen LogP contribution in [-0.4, -0.2) is 19.1 Å². The summed E-state index contributed by atoms with van der Waals surface area (Å²) in [6.07, 6.45) is -0.657. The van der Waals surface area contributed by atoms with Crippen LogP contribution in [0.2, 0.25) is 0 Å². The Morgan fingerprint density at radius 1 is 1.22 bits per heavy atom. The Morgan fingerprint density at radius 3 is 2.57 bits per heavy atom. The molecule has 0 radical (unpaired) electrons. The second kappa shape index (κ2) is 8.11. The molecule has 118 valence electrons. The number of carbonyl (C=O) groups is 1. The number of ether oxygens (including phenoxy) is 2. The molecule has 1 unspecified atom stereocenters. The quantitative estimate of drug-likeness (QED) is 0.647. The Balaban J connectivity index is 1.95. The van der Waals surface area contributed by atoms with Gasteiger partial charge in [0.1, 0.15) is 16.9 Å². The molecule has 23 heavy (non-hydrogen) atoms. The van der Waals surface area contributed by atoms with Gasteiger partial charge >= 0.3 is 0 Å². The van der Waals surface area contributed by atoms with Gasteiger partial charge in [-0.2, -0.15) is 5.26 Å². The summed E-state index contributed by atoms with van der Waals surface area (Å²) < 4.78 is 10.7. The average Bonchev–Trinajstić information content (AvgIpc) is 2.57. The van der Waals surface area contributed by atoms with Crippen molar-refractivity contribution in [2.24, 2.45) is 0 Å². The van der Waals surface area contributed by atoms with Crippen LogP contribution in [0.5, 0.6) is 11.5 Å². The Hall–Kier alpha value is -2.65. The summed E-state index contributed by atoms with van der Waals surface area (Å²) in [7, 11) is 1.57. The average molecular weight is 328 g/mol. The summed E-state index contributed by atoms with van der Waals surface area (Å²) in [6.45, 7) is 1.68. The summed E-state index contributed by atoms with van der Waals surface area (Å²) in [5.41, 5.74) is 0.651. The number of rotatable bonds is 6. The Labute approximate surface area is 139 Å². The number of nitrogens with zero attached hydrogens (tertiary/aromatic N) is 1. The molecule has 0 bridgehead atoms. The third-order valence-electron chi connectivity index (χ3n) is 3.01. The van der Waals surface area contributed by atoms with E-state index >= 15 is 0 Å². The smallest absolute Gasteiger partial charge is 0.265 e. The number of thioether (sulfide) groups is 1. The molecule has 0 heterocycles. The standard InChI is InChI=1S/C17H16N2O3S/c1-12(22-15-5-3-4-14(10-15)21-2)17(20)19-13-6-8-16(9-7-13)23-11-18/h3-10,12H,1-2H3,(H,19,20). The van der Waals surface area contributed by atoms with Crippen LogP contribution in [0.1, 0.15) is 6.92 Å². The van der Waals surface area contributed by atoms with Crippen LogP contribution in [0.15, 0.2) is 53.4 Å². The van der Waals surface area contributed by atoms with Gasteiger partial charge in [0.05, 0.1) is 7.11 Å². The van der Waals surface area contributed by atoms with Gasteiger partial charge in [-0.3, -0.25) is 4.79 Å². The molecule has 0 aliphatic rings. The maximum absolute atomic E-state index is 12.2. The fraction of sp³-hybridized carbons (Fsp3) is 0.176. The molecule has 1 atom stereocenters. The van der Waals surface area contributed by atoms with Crippen molar-refractivity contribution < 1.29 is 14.3 Å². The minimum absolute atomic E-state index is 0.256. The van der Waals surface area contributed by atoms with Crippen molar-refractivity contribution in [1.82, 2.24) is 0 Å². The lowest BCUT2D eigenvalue weighted by atomic mass is 10.3. The highest BCUT2D eigenvalue weighted by molar-refractivity contribution is 8.03. The van der Waals surface area contributed by atoms with Crippen LogP contribution in [0.3, 0.4) is 0 Å². The number of nitriles is 1. The number of benzene rings is 2. The van der Waals surface area contributed by atoms with E-state index in [9.17, 15) is 4.79 Å². The minimum atomic E-state index is -0.657. The first-order valence-electron chi connectivity index (χ1n) is 6.90. The Bertz CT molecular complexity index is 711. The van der Waals surface area contributed by atoms with Crippen molar-refractivity contribution in [1.29, 1.82) is 5.26 Å². The van der Waals surface area contributed by atoms with Crippen molar-refractivity contribution in [2.45, 2.75) is 17.9 Å². The van der Waals surface area contributed by atoms with Gasteiger partial charge in [-0.05, 0) is 55.1 Å². The molecule has 5 nitrogen and oxygen atoms in total. The number of carbonyl (C=O) groups excluding carboxylic acids is 1. The zero-order chi connectivity index (χ0) is 16.7. The van der Waals surface area contributed by atoms with E-state index in [1.54, 1.807) is 62.6 Å². The second-order valence-corrected chi connectivity index (χ2v) is 5.50. The number of nitrogens with one attached hydrogen (secondary N) is 1. The van der Waals surface area contributed by atoms with Crippen LogP contribution < -0.4 is 14.8 Å². The Kier molecular flexibility index (Phi) is 5.89. The lowest BCUT2D eigenvalue weighted by Gasteiger charge is -2.15. The van der Waals surface area contributed by atoms with Gasteiger partial charge in [-0.25, -0.2) is 0 Å². The van der Waals surface area contributed by atoms with Crippen molar-refractivity contribution >= 4 is 23.4 Å². The lowest BCUT2D eigenvalue weighted by Crippen LogP contribution is -2.30. The van der Waals surface area contributed by atoms with Gasteiger partial charge in [-0.15, -0.1) is 0 Å². The van der Waals surface area contributed by atoms with Crippen molar-refractivity contribution in [3.05, 3.63) is 48.5 Å². The molecule has 6 heteroatoms. The van der Waals surface area contributed by atoms with Gasteiger partial charge in [-0.1, -0.05) is 6.07 Å². The second-order valence-electron chi connectivity index (χ2n) is 4.65. The van der Waals surface area contributed by atoms with E-state index in [0.717, 1.165) is 16.7 Å². The SMILES string of the molecule is COc1cccc(OC(C)C(=O)Nc2ccc(SC#N)cc2)c1. The molecule has 0 saturated heterocycles. The van der Waals surface area contributed by atoms with Gasteiger partial charge in [0.25, 0.3) is 5.91 Å². The normalized spacial score (nSPS) is 11.2. The van der Waals surface area contributed by atoms with E-state index < -0.39 is 6.10 Å². The van der Waals surface area contributed by atoms with E-state index in [0.29, 0.717) is 17.2 Å². The molecule has 0 fully saturated rings. The number of amides is 1. The zero-order valence-electron chi connectivity index (χ0n) is 12.8.